The van der Waals surface area contributed by atoms with Crippen LogP contribution in [0.15, 0.2) is 12.5 Å². The maximum Gasteiger partial charge on any atom is 0.484 e. The van der Waals surface area contributed by atoms with Crippen LogP contribution in [0.4, 0.5) is 13.2 Å². The van der Waals surface area contributed by atoms with Gasteiger partial charge in [0.2, 0.25) is 0 Å². The summed E-state index contributed by atoms with van der Waals surface area (Å²) in [6, 6.07) is 0. The van der Waals surface area contributed by atoms with Crippen LogP contribution >= 0.6 is 0 Å². The van der Waals surface area contributed by atoms with E-state index in [0.29, 0.717) is 6.54 Å². The highest BCUT2D eigenvalue weighted by molar-refractivity contribution is 5.92. The van der Waals surface area contributed by atoms with Crippen LogP contribution in [0.5, 0.6) is 0 Å². The van der Waals surface area contributed by atoms with E-state index >= 15 is 0 Å². The van der Waals surface area contributed by atoms with Gasteiger partial charge in [-0.2, -0.15) is 13.2 Å². The molecule has 1 aromatic rings. The van der Waals surface area contributed by atoms with E-state index in [1.807, 2.05) is 0 Å². The standard InChI is InChI=1S/C7H8F3N3O/c1-2-13-4-11-3-5(13)6(14)12-7(8,9)10/h3-4H,2H2,1H3,(H,12,14). The molecule has 1 rings (SSSR count). The van der Waals surface area contributed by atoms with Crippen molar-refractivity contribution in [2.45, 2.75) is 19.8 Å². The molecular formula is C7H8F3N3O. The van der Waals surface area contributed by atoms with Gasteiger partial charge in [0.05, 0.1) is 12.5 Å². The van der Waals surface area contributed by atoms with Crippen LogP contribution in [0.1, 0.15) is 17.4 Å². The molecule has 1 amide bonds. The van der Waals surface area contributed by atoms with Crippen molar-refractivity contribution < 1.29 is 18.0 Å². The number of hydrogen-bond donors (Lipinski definition) is 1. The minimum atomic E-state index is -4.71. The monoisotopic (exact) mass is 207 g/mol. The van der Waals surface area contributed by atoms with Gasteiger partial charge < -0.3 is 4.57 Å². The van der Waals surface area contributed by atoms with Gasteiger partial charge in [-0.3, -0.25) is 10.1 Å². The quantitative estimate of drug-likeness (QED) is 0.739. The number of carbonyl (C=O) groups is 1. The van der Waals surface area contributed by atoms with Gasteiger partial charge >= 0.3 is 6.30 Å². The van der Waals surface area contributed by atoms with Gasteiger partial charge in [-0.25, -0.2) is 4.98 Å². The molecule has 1 aromatic heterocycles. The lowest BCUT2D eigenvalue weighted by molar-refractivity contribution is -0.146. The van der Waals surface area contributed by atoms with Crippen molar-refractivity contribution in [2.75, 3.05) is 0 Å². The third-order valence-corrected chi connectivity index (χ3v) is 1.54. The van der Waals surface area contributed by atoms with Gasteiger partial charge in [0, 0.05) is 6.54 Å². The lowest BCUT2D eigenvalue weighted by Crippen LogP contribution is -2.38. The smallest absolute Gasteiger partial charge is 0.327 e. The molecule has 0 aliphatic rings. The van der Waals surface area contributed by atoms with Gasteiger partial charge in [-0.1, -0.05) is 0 Å². The molecule has 4 nitrogen and oxygen atoms in total. The van der Waals surface area contributed by atoms with E-state index in [-0.39, 0.29) is 5.69 Å². The van der Waals surface area contributed by atoms with Crippen LogP contribution in [0, 0.1) is 0 Å². The highest BCUT2D eigenvalue weighted by atomic mass is 19.4. The zero-order chi connectivity index (χ0) is 10.8. The molecule has 1 heterocycles. The van der Waals surface area contributed by atoms with Gasteiger partial charge in [0.15, 0.2) is 0 Å². The number of nitrogens with one attached hydrogen (secondary N) is 1. The Bertz CT molecular complexity index is 331. The van der Waals surface area contributed by atoms with E-state index < -0.39 is 12.2 Å². The first kappa shape index (κ1) is 10.6. The molecule has 0 unspecified atom stereocenters. The topological polar surface area (TPSA) is 46.9 Å². The number of nitrogens with zero attached hydrogens (tertiary/aromatic N) is 2. The average molecular weight is 207 g/mol. The fourth-order valence-corrected chi connectivity index (χ4v) is 0.955. The number of amides is 1. The fraction of sp³-hybridized carbons (Fsp3) is 0.429. The molecule has 0 saturated heterocycles. The van der Waals surface area contributed by atoms with E-state index in [1.54, 1.807) is 6.92 Å². The largest absolute Gasteiger partial charge is 0.484 e. The van der Waals surface area contributed by atoms with E-state index in [2.05, 4.69) is 4.98 Å². The van der Waals surface area contributed by atoms with E-state index in [9.17, 15) is 18.0 Å². The van der Waals surface area contributed by atoms with Gasteiger partial charge in [-0.15, -0.1) is 0 Å². The van der Waals surface area contributed by atoms with Crippen molar-refractivity contribution >= 4 is 5.91 Å². The van der Waals surface area contributed by atoms with Crippen LogP contribution in [0.2, 0.25) is 0 Å². The number of rotatable bonds is 2. The molecule has 0 spiro atoms. The second-order valence-electron chi connectivity index (χ2n) is 2.52. The molecular weight excluding hydrogens is 199 g/mol. The van der Waals surface area contributed by atoms with Crippen LogP contribution < -0.4 is 5.32 Å². The minimum Gasteiger partial charge on any atom is -0.327 e. The summed E-state index contributed by atoms with van der Waals surface area (Å²) >= 11 is 0. The molecule has 7 heteroatoms. The Kier molecular flexibility index (Phi) is 2.78. The number of carbonyl (C=O) groups excluding carboxylic acids is 1. The Morgan fingerprint density at radius 2 is 2.29 bits per heavy atom. The molecule has 0 aromatic carbocycles. The fourth-order valence-electron chi connectivity index (χ4n) is 0.955. The SMILES string of the molecule is CCn1cncc1C(=O)NC(F)(F)F. The summed E-state index contributed by atoms with van der Waals surface area (Å²) in [6.45, 7) is 2.09. The van der Waals surface area contributed by atoms with E-state index in [4.69, 9.17) is 0 Å². The lowest BCUT2D eigenvalue weighted by Gasteiger charge is -2.09. The predicted octanol–water partition coefficient (Wildman–Crippen LogP) is 1.15. The number of aryl methyl sites for hydroxylation is 1. The number of halogens is 3. The van der Waals surface area contributed by atoms with E-state index in [1.165, 1.54) is 10.9 Å². The van der Waals surface area contributed by atoms with Crippen molar-refractivity contribution in [1.82, 2.24) is 14.9 Å². The summed E-state index contributed by atoms with van der Waals surface area (Å²) in [5.74, 6) is -1.20. The Labute approximate surface area is 77.7 Å². The number of aromatic nitrogens is 2. The second-order valence-corrected chi connectivity index (χ2v) is 2.52. The third kappa shape index (κ3) is 2.48. The first-order valence-corrected chi connectivity index (χ1v) is 3.83. The molecule has 0 radical (unpaired) electrons. The summed E-state index contributed by atoms with van der Waals surface area (Å²) in [5, 5.41) is 0.896. The van der Waals surface area contributed by atoms with Crippen molar-refractivity contribution in [1.29, 1.82) is 0 Å². The zero-order valence-corrected chi connectivity index (χ0v) is 7.30. The predicted molar refractivity (Wildman–Crippen MR) is 41.4 cm³/mol. The molecule has 0 aliphatic carbocycles. The van der Waals surface area contributed by atoms with Crippen LogP contribution in [-0.2, 0) is 6.54 Å². The summed E-state index contributed by atoms with van der Waals surface area (Å²) < 4.78 is 36.6. The molecule has 0 bridgehead atoms. The molecule has 78 valence electrons. The normalized spacial score (nSPS) is 11.4. The molecule has 0 saturated carbocycles. The summed E-state index contributed by atoms with van der Waals surface area (Å²) in [6.07, 6.45) is -2.32. The third-order valence-electron chi connectivity index (χ3n) is 1.54. The second kappa shape index (κ2) is 3.69. The van der Waals surface area contributed by atoms with Gasteiger partial charge in [0.25, 0.3) is 5.91 Å². The molecule has 0 fully saturated rings. The highest BCUT2D eigenvalue weighted by Gasteiger charge is 2.31. The zero-order valence-electron chi connectivity index (χ0n) is 7.30. The Hall–Kier alpha value is -1.53. The molecule has 0 aliphatic heterocycles. The summed E-state index contributed by atoms with van der Waals surface area (Å²) in [5.41, 5.74) is -0.107. The van der Waals surface area contributed by atoms with Crippen LogP contribution in [0.3, 0.4) is 0 Å². The van der Waals surface area contributed by atoms with Crippen LogP contribution in [0.25, 0.3) is 0 Å². The Morgan fingerprint density at radius 3 is 2.79 bits per heavy atom. The number of alkyl halides is 3. The minimum absolute atomic E-state index is 0.107. The number of imidazole rings is 1. The van der Waals surface area contributed by atoms with E-state index in [0.717, 1.165) is 11.5 Å². The first-order chi connectivity index (χ1) is 6.44. The highest BCUT2D eigenvalue weighted by Crippen LogP contribution is 2.11. The van der Waals surface area contributed by atoms with Crippen molar-refractivity contribution in [3.05, 3.63) is 18.2 Å². The molecule has 0 atom stereocenters. The molecule has 1 N–H and O–H groups in total. The molecule has 14 heavy (non-hydrogen) atoms. The van der Waals surface area contributed by atoms with Crippen molar-refractivity contribution in [3.8, 4) is 0 Å². The average Bonchev–Trinajstić information content (AvgIpc) is 2.47. The maximum atomic E-state index is 11.8. The van der Waals surface area contributed by atoms with Gasteiger partial charge in [0.1, 0.15) is 5.69 Å². The van der Waals surface area contributed by atoms with Crippen molar-refractivity contribution in [3.63, 3.8) is 0 Å². The lowest BCUT2D eigenvalue weighted by atomic mass is 10.4. The van der Waals surface area contributed by atoms with Gasteiger partial charge in [-0.05, 0) is 6.92 Å². The van der Waals surface area contributed by atoms with Crippen LogP contribution in [-0.4, -0.2) is 21.8 Å². The summed E-state index contributed by atoms with van der Waals surface area (Å²) in [7, 11) is 0. The number of hydrogen-bond acceptors (Lipinski definition) is 2. The summed E-state index contributed by atoms with van der Waals surface area (Å²) in [4.78, 5) is 14.6. The Balaban J connectivity index is 2.80. The van der Waals surface area contributed by atoms with Crippen molar-refractivity contribution in [2.24, 2.45) is 0 Å². The maximum absolute atomic E-state index is 11.8. The Morgan fingerprint density at radius 1 is 1.64 bits per heavy atom. The first-order valence-electron chi connectivity index (χ1n) is 3.83.